The van der Waals surface area contributed by atoms with Gasteiger partial charge in [-0.25, -0.2) is 4.99 Å². The Balaban J connectivity index is 1.91. The van der Waals surface area contributed by atoms with Crippen LogP contribution in [0, 0.1) is 0 Å². The zero-order chi connectivity index (χ0) is 21.1. The Bertz CT molecular complexity index is 647. The summed E-state index contributed by atoms with van der Waals surface area (Å²) in [6.07, 6.45) is -0.552. The summed E-state index contributed by atoms with van der Waals surface area (Å²) in [5.74, 6) is 1.02. The van der Waals surface area contributed by atoms with Gasteiger partial charge in [0.15, 0.2) is 24.1 Å². The molecule has 1 aromatic carbocycles. The number of guanidine groups is 1. The lowest BCUT2D eigenvalue weighted by molar-refractivity contribution is -0.153. The Hall–Kier alpha value is -2.16. The van der Waals surface area contributed by atoms with Crippen molar-refractivity contribution in [2.24, 2.45) is 4.99 Å². The number of benzene rings is 1. The number of ether oxygens (including phenoxy) is 2. The largest absolute Gasteiger partial charge is 0.493 e. The van der Waals surface area contributed by atoms with E-state index in [2.05, 4.69) is 20.5 Å². The van der Waals surface area contributed by atoms with Crippen LogP contribution in [0.1, 0.15) is 31.7 Å². The molecule has 9 heteroatoms. The van der Waals surface area contributed by atoms with E-state index in [1.54, 1.807) is 12.1 Å². The minimum absolute atomic E-state index is 0.0594. The molecule has 1 heterocycles. The van der Waals surface area contributed by atoms with Gasteiger partial charge in [-0.3, -0.25) is 0 Å². The van der Waals surface area contributed by atoms with Crippen LogP contribution in [-0.4, -0.2) is 63.5 Å². The number of likely N-dealkylation sites (tertiary alicyclic amines) is 1. The highest BCUT2D eigenvalue weighted by Gasteiger charge is 2.29. The summed E-state index contributed by atoms with van der Waals surface area (Å²) in [4.78, 5) is 7.01. The van der Waals surface area contributed by atoms with Gasteiger partial charge in [0.05, 0.1) is 13.7 Å². The van der Waals surface area contributed by atoms with Crippen LogP contribution in [0.3, 0.4) is 0 Å². The molecule has 0 spiro atoms. The van der Waals surface area contributed by atoms with Crippen LogP contribution in [0.2, 0.25) is 0 Å². The van der Waals surface area contributed by atoms with E-state index in [1.807, 2.05) is 6.92 Å². The standard InChI is InChI=1S/C20H31F3N4O2/c1-3-24-19(25-9-12-27-10-5-4-6-11-27)26-14-16-7-8-17(18(13-16)28-2)29-15-20(21,22)23/h7-8,13H,3-6,9-12,14-15H2,1-2H3,(H2,24,25,26). The topological polar surface area (TPSA) is 58.1 Å². The number of halogens is 3. The predicted octanol–water partition coefficient (Wildman–Crippen LogP) is 3.18. The summed E-state index contributed by atoms with van der Waals surface area (Å²) in [6, 6.07) is 4.81. The summed E-state index contributed by atoms with van der Waals surface area (Å²) in [6.45, 7) is 5.83. The highest BCUT2D eigenvalue weighted by atomic mass is 19.4. The van der Waals surface area contributed by atoms with Gasteiger partial charge in [0.2, 0.25) is 0 Å². The molecule has 1 saturated heterocycles. The molecule has 0 amide bonds. The molecule has 1 aliphatic heterocycles. The lowest BCUT2D eigenvalue weighted by Crippen LogP contribution is -2.42. The summed E-state index contributed by atoms with van der Waals surface area (Å²) < 4.78 is 47.0. The maximum Gasteiger partial charge on any atom is 0.422 e. The number of hydrogen-bond acceptors (Lipinski definition) is 4. The Morgan fingerprint density at radius 2 is 1.90 bits per heavy atom. The summed E-state index contributed by atoms with van der Waals surface area (Å²) >= 11 is 0. The van der Waals surface area contributed by atoms with E-state index in [0.29, 0.717) is 12.5 Å². The van der Waals surface area contributed by atoms with Gasteiger partial charge in [0.25, 0.3) is 0 Å². The molecule has 0 atom stereocenters. The van der Waals surface area contributed by atoms with Crippen molar-refractivity contribution in [3.63, 3.8) is 0 Å². The van der Waals surface area contributed by atoms with Crippen molar-refractivity contribution < 1.29 is 22.6 Å². The van der Waals surface area contributed by atoms with Gasteiger partial charge in [-0.2, -0.15) is 13.2 Å². The Kier molecular flexibility index (Phi) is 9.37. The van der Waals surface area contributed by atoms with Crippen molar-refractivity contribution in [1.82, 2.24) is 15.5 Å². The fraction of sp³-hybridized carbons (Fsp3) is 0.650. The first kappa shape index (κ1) is 23.1. The first-order valence-corrected chi connectivity index (χ1v) is 10.0. The second kappa shape index (κ2) is 11.7. The average molecular weight is 416 g/mol. The Labute approximate surface area is 170 Å². The summed E-state index contributed by atoms with van der Waals surface area (Å²) in [5, 5.41) is 6.54. The van der Waals surface area contributed by atoms with E-state index >= 15 is 0 Å². The van der Waals surface area contributed by atoms with Crippen LogP contribution in [0.25, 0.3) is 0 Å². The number of methoxy groups -OCH3 is 1. The number of nitrogens with one attached hydrogen (secondary N) is 2. The Morgan fingerprint density at radius 1 is 1.14 bits per heavy atom. The monoisotopic (exact) mass is 416 g/mol. The van der Waals surface area contributed by atoms with Gasteiger partial charge >= 0.3 is 6.18 Å². The Morgan fingerprint density at radius 3 is 2.55 bits per heavy atom. The molecule has 2 rings (SSSR count). The van der Waals surface area contributed by atoms with E-state index in [1.165, 1.54) is 32.4 Å². The van der Waals surface area contributed by atoms with E-state index in [9.17, 15) is 13.2 Å². The highest BCUT2D eigenvalue weighted by molar-refractivity contribution is 5.79. The molecule has 0 saturated carbocycles. The minimum Gasteiger partial charge on any atom is -0.493 e. The van der Waals surface area contributed by atoms with Crippen LogP contribution in [0.5, 0.6) is 11.5 Å². The molecule has 6 nitrogen and oxygen atoms in total. The molecule has 0 aliphatic carbocycles. The smallest absolute Gasteiger partial charge is 0.422 e. The molecular formula is C20H31F3N4O2. The lowest BCUT2D eigenvalue weighted by atomic mass is 10.1. The van der Waals surface area contributed by atoms with Crippen molar-refractivity contribution in [3.05, 3.63) is 23.8 Å². The second-order valence-electron chi connectivity index (χ2n) is 6.91. The molecule has 1 aliphatic rings. The van der Waals surface area contributed by atoms with Crippen molar-refractivity contribution in [3.8, 4) is 11.5 Å². The van der Waals surface area contributed by atoms with E-state index in [0.717, 1.165) is 38.3 Å². The first-order valence-electron chi connectivity index (χ1n) is 10.0. The molecule has 0 aromatic heterocycles. The normalized spacial score (nSPS) is 15.8. The maximum atomic E-state index is 12.4. The third-order valence-corrected chi connectivity index (χ3v) is 4.55. The van der Waals surface area contributed by atoms with Crippen LogP contribution < -0.4 is 20.1 Å². The lowest BCUT2D eigenvalue weighted by Gasteiger charge is -2.26. The summed E-state index contributed by atoms with van der Waals surface area (Å²) in [7, 11) is 1.40. The minimum atomic E-state index is -4.39. The second-order valence-corrected chi connectivity index (χ2v) is 6.91. The molecule has 0 bridgehead atoms. The average Bonchev–Trinajstić information content (AvgIpc) is 2.71. The number of aliphatic imine (C=N–C) groups is 1. The molecule has 164 valence electrons. The zero-order valence-electron chi connectivity index (χ0n) is 17.1. The molecule has 0 unspecified atom stereocenters. The molecular weight excluding hydrogens is 385 g/mol. The number of nitrogens with zero attached hydrogens (tertiary/aromatic N) is 2. The number of piperidine rings is 1. The van der Waals surface area contributed by atoms with Crippen LogP contribution in [-0.2, 0) is 6.54 Å². The third-order valence-electron chi connectivity index (χ3n) is 4.55. The van der Waals surface area contributed by atoms with Crippen molar-refractivity contribution in [2.75, 3.05) is 46.4 Å². The van der Waals surface area contributed by atoms with Gasteiger partial charge < -0.3 is 25.0 Å². The van der Waals surface area contributed by atoms with Gasteiger partial charge in [-0.05, 0) is 50.6 Å². The quantitative estimate of drug-likeness (QED) is 0.478. The van der Waals surface area contributed by atoms with Crippen LogP contribution >= 0.6 is 0 Å². The van der Waals surface area contributed by atoms with E-state index in [-0.39, 0.29) is 11.5 Å². The molecule has 1 aromatic rings. The van der Waals surface area contributed by atoms with Crippen molar-refractivity contribution in [2.45, 2.75) is 38.9 Å². The van der Waals surface area contributed by atoms with Gasteiger partial charge in [0, 0.05) is 19.6 Å². The van der Waals surface area contributed by atoms with E-state index in [4.69, 9.17) is 9.47 Å². The molecule has 29 heavy (non-hydrogen) atoms. The summed E-state index contributed by atoms with van der Waals surface area (Å²) in [5.41, 5.74) is 0.814. The van der Waals surface area contributed by atoms with E-state index < -0.39 is 12.8 Å². The van der Waals surface area contributed by atoms with Crippen LogP contribution in [0.4, 0.5) is 13.2 Å². The first-order chi connectivity index (χ1) is 13.9. The van der Waals surface area contributed by atoms with Gasteiger partial charge in [-0.15, -0.1) is 0 Å². The van der Waals surface area contributed by atoms with Gasteiger partial charge in [-0.1, -0.05) is 12.5 Å². The number of hydrogen-bond donors (Lipinski definition) is 2. The van der Waals surface area contributed by atoms with Gasteiger partial charge in [0.1, 0.15) is 0 Å². The predicted molar refractivity (Wildman–Crippen MR) is 108 cm³/mol. The zero-order valence-corrected chi connectivity index (χ0v) is 17.1. The third kappa shape index (κ3) is 8.81. The fourth-order valence-corrected chi connectivity index (χ4v) is 3.12. The maximum absolute atomic E-state index is 12.4. The highest BCUT2D eigenvalue weighted by Crippen LogP contribution is 2.30. The molecule has 0 radical (unpaired) electrons. The van der Waals surface area contributed by atoms with Crippen molar-refractivity contribution >= 4 is 5.96 Å². The van der Waals surface area contributed by atoms with Crippen LogP contribution in [0.15, 0.2) is 23.2 Å². The van der Waals surface area contributed by atoms with Crippen molar-refractivity contribution in [1.29, 1.82) is 0 Å². The SMILES string of the molecule is CCNC(=NCc1ccc(OCC(F)(F)F)c(OC)c1)NCCN1CCCCC1. The number of rotatable bonds is 9. The molecule has 2 N–H and O–H groups in total. The fourth-order valence-electron chi connectivity index (χ4n) is 3.12. The molecule has 1 fully saturated rings. The number of alkyl halides is 3.